The van der Waals surface area contributed by atoms with Gasteiger partial charge in [0.05, 0.1) is 12.2 Å². The molecule has 0 aliphatic rings. The Balaban J connectivity index is 0.000000621. The van der Waals surface area contributed by atoms with Crippen LogP contribution in [0.2, 0.25) is 0 Å². The fraction of sp³-hybridized carbons (Fsp3) is 0.462. The van der Waals surface area contributed by atoms with Gasteiger partial charge in [0, 0.05) is 0 Å². The Morgan fingerprint density at radius 3 is 1.80 bits per heavy atom. The highest BCUT2D eigenvalue weighted by atomic mass is 19.5. The first-order valence-corrected chi connectivity index (χ1v) is 6.50. The third kappa shape index (κ3) is 8.55. The predicted molar refractivity (Wildman–Crippen MR) is 73.7 cm³/mol. The fourth-order valence-corrected chi connectivity index (χ4v) is 1.59. The molecule has 0 heterocycles. The maximum atomic E-state index is 9.75. The van der Waals surface area contributed by atoms with Crippen LogP contribution in [0.5, 0.6) is 0 Å². The molecule has 7 heteroatoms. The van der Waals surface area contributed by atoms with E-state index in [-0.39, 0.29) is 0 Å². The third-order valence-corrected chi connectivity index (χ3v) is 2.35. The second-order valence-electron chi connectivity index (χ2n) is 3.77. The molecule has 0 atom stereocenters. The zero-order valence-corrected chi connectivity index (χ0v) is 12.0. The van der Waals surface area contributed by atoms with Crippen LogP contribution in [0, 0.1) is 0 Å². The number of hydrogen-bond donors (Lipinski definition) is 0. The minimum Gasteiger partial charge on any atom is -0.445 e. The van der Waals surface area contributed by atoms with Crippen molar-refractivity contribution in [2.45, 2.75) is 20.8 Å². The van der Waals surface area contributed by atoms with E-state index in [9.17, 15) is 17.3 Å². The van der Waals surface area contributed by atoms with Gasteiger partial charge in [-0.1, -0.05) is 18.2 Å². The maximum absolute atomic E-state index is 9.75. The van der Waals surface area contributed by atoms with Crippen molar-refractivity contribution in [2.75, 3.05) is 19.7 Å². The van der Waals surface area contributed by atoms with E-state index in [2.05, 4.69) is 30.6 Å². The van der Waals surface area contributed by atoms with Gasteiger partial charge in [0.15, 0.2) is 0 Å². The molecule has 1 rings (SSSR count). The predicted octanol–water partition coefficient (Wildman–Crippen LogP) is 3.82. The van der Waals surface area contributed by atoms with Crippen molar-refractivity contribution in [1.82, 2.24) is 0 Å². The average Bonchev–Trinajstić information content (AvgIpc) is 2.38. The molecule has 0 fully saturated rings. The summed E-state index contributed by atoms with van der Waals surface area (Å²) < 4.78 is 46.9. The summed E-state index contributed by atoms with van der Waals surface area (Å²) in [6.45, 7) is 8.96. The highest BCUT2D eigenvalue weighted by molar-refractivity contribution is 6.50. The van der Waals surface area contributed by atoms with Crippen molar-refractivity contribution >= 4 is 13.2 Å². The summed E-state index contributed by atoms with van der Waals surface area (Å²) >= 11 is 0. The molecule has 2 nitrogen and oxygen atoms in total. The molecule has 0 aromatic heterocycles. The van der Waals surface area contributed by atoms with Gasteiger partial charge >= 0.3 is 13.2 Å². The molecule has 1 aromatic carbocycles. The van der Waals surface area contributed by atoms with Crippen LogP contribution in [-0.2, 0) is 4.74 Å². The maximum Gasteiger partial charge on any atom is 0.673 e. The summed E-state index contributed by atoms with van der Waals surface area (Å²) in [5.41, 5.74) is 1.16. The van der Waals surface area contributed by atoms with E-state index in [4.69, 9.17) is 4.74 Å². The Labute approximate surface area is 117 Å². The molecular formula is C13H20BF4NO. The van der Waals surface area contributed by atoms with Gasteiger partial charge in [0.1, 0.15) is 13.1 Å². The van der Waals surface area contributed by atoms with Gasteiger partial charge in [0.25, 0.3) is 0 Å². The SMILES string of the molecule is CCOC(c1ccccc1)=[N+](CC)CC.F[B-](F)(F)F. The van der Waals surface area contributed by atoms with Crippen molar-refractivity contribution < 1.29 is 26.6 Å². The molecular weight excluding hydrogens is 273 g/mol. The Bertz CT molecular complexity index is 395. The molecule has 0 saturated carbocycles. The minimum absolute atomic E-state index is 0.709. The standard InChI is InChI=1S/C13H20NO.BF4/c1-4-14(5-2)13(15-6-3)12-10-8-7-9-11-12;2-1(3,4)5/h7-11H,4-6H2,1-3H3;/q+1;-1. The summed E-state index contributed by atoms with van der Waals surface area (Å²) in [6, 6.07) is 10.3. The van der Waals surface area contributed by atoms with E-state index < -0.39 is 7.25 Å². The molecule has 0 unspecified atom stereocenters. The Morgan fingerprint density at radius 2 is 1.45 bits per heavy atom. The lowest BCUT2D eigenvalue weighted by molar-refractivity contribution is -0.528. The summed E-state index contributed by atoms with van der Waals surface area (Å²) in [4.78, 5) is 0. The first kappa shape index (κ1) is 18.5. The van der Waals surface area contributed by atoms with Crippen LogP contribution in [0.15, 0.2) is 30.3 Å². The van der Waals surface area contributed by atoms with Crippen LogP contribution in [0.4, 0.5) is 17.3 Å². The topological polar surface area (TPSA) is 12.2 Å². The molecule has 114 valence electrons. The van der Waals surface area contributed by atoms with Gasteiger partial charge in [-0.05, 0) is 32.9 Å². The lowest BCUT2D eigenvalue weighted by Crippen LogP contribution is -2.24. The van der Waals surface area contributed by atoms with Crippen LogP contribution in [0.3, 0.4) is 0 Å². The Morgan fingerprint density at radius 1 is 1.00 bits per heavy atom. The molecule has 0 saturated heterocycles. The van der Waals surface area contributed by atoms with E-state index in [1.54, 1.807) is 0 Å². The van der Waals surface area contributed by atoms with E-state index in [1.807, 2.05) is 25.1 Å². The smallest absolute Gasteiger partial charge is 0.445 e. The molecule has 1 aromatic rings. The van der Waals surface area contributed by atoms with Crippen molar-refractivity contribution in [3.8, 4) is 0 Å². The van der Waals surface area contributed by atoms with Crippen LogP contribution >= 0.6 is 0 Å². The normalized spacial score (nSPS) is 10.3. The first-order chi connectivity index (χ1) is 9.33. The number of ether oxygens (including phenoxy) is 1. The number of hydrogen-bond acceptors (Lipinski definition) is 1. The van der Waals surface area contributed by atoms with Crippen molar-refractivity contribution in [1.29, 1.82) is 0 Å². The van der Waals surface area contributed by atoms with E-state index in [1.165, 1.54) is 0 Å². The number of rotatable bonds is 4. The molecule has 0 aliphatic carbocycles. The van der Waals surface area contributed by atoms with Gasteiger partial charge in [-0.3, -0.25) is 0 Å². The Hall–Kier alpha value is -1.53. The summed E-state index contributed by atoms with van der Waals surface area (Å²) in [6.07, 6.45) is 0. The van der Waals surface area contributed by atoms with Gasteiger partial charge in [0.2, 0.25) is 0 Å². The van der Waals surface area contributed by atoms with E-state index >= 15 is 0 Å². The monoisotopic (exact) mass is 293 g/mol. The lowest BCUT2D eigenvalue weighted by Gasteiger charge is -2.07. The van der Waals surface area contributed by atoms with Crippen LogP contribution in [-0.4, -0.2) is 37.4 Å². The zero-order valence-electron chi connectivity index (χ0n) is 12.0. The number of halogens is 4. The fourth-order valence-electron chi connectivity index (χ4n) is 1.59. The minimum atomic E-state index is -6.00. The molecule has 20 heavy (non-hydrogen) atoms. The molecule has 0 amide bonds. The highest BCUT2D eigenvalue weighted by Gasteiger charge is 2.20. The lowest BCUT2D eigenvalue weighted by atomic mass is 10.2. The van der Waals surface area contributed by atoms with E-state index in [0.29, 0.717) is 6.61 Å². The molecule has 0 bridgehead atoms. The van der Waals surface area contributed by atoms with Gasteiger partial charge in [-0.15, -0.1) is 0 Å². The summed E-state index contributed by atoms with van der Waals surface area (Å²) in [5, 5.41) is 0. The molecule has 0 radical (unpaired) electrons. The highest BCUT2D eigenvalue weighted by Crippen LogP contribution is 2.06. The first-order valence-electron chi connectivity index (χ1n) is 6.50. The van der Waals surface area contributed by atoms with Crippen molar-refractivity contribution in [2.24, 2.45) is 0 Å². The zero-order chi connectivity index (χ0) is 15.6. The molecule has 0 N–H and O–H groups in total. The summed E-state index contributed by atoms with van der Waals surface area (Å²) in [5.74, 6) is 0.989. The van der Waals surface area contributed by atoms with Crippen LogP contribution in [0.1, 0.15) is 26.3 Å². The summed E-state index contributed by atoms with van der Waals surface area (Å²) in [7, 11) is -6.00. The molecule has 0 aliphatic heterocycles. The average molecular weight is 293 g/mol. The van der Waals surface area contributed by atoms with Crippen LogP contribution in [0.25, 0.3) is 0 Å². The Kier molecular flexibility index (Phi) is 8.67. The second kappa shape index (κ2) is 9.39. The largest absolute Gasteiger partial charge is 0.673 e. The van der Waals surface area contributed by atoms with Gasteiger partial charge in [-0.25, -0.2) is 0 Å². The second-order valence-corrected chi connectivity index (χ2v) is 3.77. The third-order valence-electron chi connectivity index (χ3n) is 2.35. The number of nitrogens with zero attached hydrogens (tertiary/aromatic N) is 1. The number of benzene rings is 1. The van der Waals surface area contributed by atoms with Gasteiger partial charge in [-0.2, -0.15) is 4.58 Å². The van der Waals surface area contributed by atoms with E-state index in [0.717, 1.165) is 24.6 Å². The molecule has 0 spiro atoms. The van der Waals surface area contributed by atoms with Crippen molar-refractivity contribution in [3.05, 3.63) is 35.9 Å². The van der Waals surface area contributed by atoms with Crippen molar-refractivity contribution in [3.63, 3.8) is 0 Å². The quantitative estimate of drug-likeness (QED) is 0.270. The van der Waals surface area contributed by atoms with Gasteiger partial charge < -0.3 is 22.0 Å². The van der Waals surface area contributed by atoms with Crippen LogP contribution < -0.4 is 0 Å².